The number of fused-ring (bicyclic) bond motifs is 1. The van der Waals surface area contributed by atoms with Crippen molar-refractivity contribution in [3.05, 3.63) is 41.3 Å². The maximum absolute atomic E-state index is 12.5. The fraction of sp³-hybridized carbons (Fsp3) is 0.560. The maximum atomic E-state index is 12.5. The van der Waals surface area contributed by atoms with Crippen molar-refractivity contribution in [1.29, 1.82) is 0 Å². The van der Waals surface area contributed by atoms with Crippen molar-refractivity contribution >= 4 is 17.6 Å². The Morgan fingerprint density at radius 3 is 2.70 bits per heavy atom. The summed E-state index contributed by atoms with van der Waals surface area (Å²) in [4.78, 5) is 37.8. The summed E-state index contributed by atoms with van der Waals surface area (Å²) in [6, 6.07) is 4.52. The van der Waals surface area contributed by atoms with Crippen LogP contribution in [-0.2, 0) is 27.2 Å². The molecule has 178 valence electrons. The van der Waals surface area contributed by atoms with Crippen LogP contribution in [0, 0.1) is 0 Å². The van der Waals surface area contributed by atoms with Crippen LogP contribution in [0.25, 0.3) is 0 Å². The first-order chi connectivity index (χ1) is 16.1. The van der Waals surface area contributed by atoms with Crippen LogP contribution in [-0.4, -0.2) is 47.0 Å². The van der Waals surface area contributed by atoms with Gasteiger partial charge in [-0.15, -0.1) is 0 Å². The number of Topliss-reactive ketones (excluding diaryl/α,β-unsaturated/α-hetero) is 1. The molecule has 8 heteroatoms. The first-order valence-electron chi connectivity index (χ1n) is 11.9. The molecule has 1 atom stereocenters. The Labute approximate surface area is 195 Å². The number of anilines is 1. The number of hydrogen-bond acceptors (Lipinski definition) is 8. The molecule has 3 heterocycles. The molecule has 0 bridgehead atoms. The average molecular weight is 455 g/mol. The van der Waals surface area contributed by atoms with E-state index in [9.17, 15) is 9.59 Å². The van der Waals surface area contributed by atoms with Gasteiger partial charge in [-0.05, 0) is 63.5 Å². The van der Waals surface area contributed by atoms with Gasteiger partial charge in [0.2, 0.25) is 0 Å². The van der Waals surface area contributed by atoms with E-state index in [2.05, 4.69) is 27.4 Å². The molecule has 0 radical (unpaired) electrons. The number of methoxy groups -OCH3 is 1. The summed E-state index contributed by atoms with van der Waals surface area (Å²) in [5.41, 5.74) is 2.99. The molecule has 1 N–H and O–H groups in total. The Bertz CT molecular complexity index is 917. The fourth-order valence-corrected chi connectivity index (χ4v) is 4.00. The molecule has 8 nitrogen and oxygen atoms in total. The van der Waals surface area contributed by atoms with Gasteiger partial charge in [0.1, 0.15) is 11.6 Å². The van der Waals surface area contributed by atoms with Gasteiger partial charge in [0, 0.05) is 43.0 Å². The third-order valence-corrected chi connectivity index (χ3v) is 5.86. The molecule has 0 aliphatic carbocycles. The normalized spacial score (nSPS) is 13.9. The van der Waals surface area contributed by atoms with Crippen LogP contribution in [0.5, 0.6) is 6.01 Å². The number of carbonyl (C=O) groups excluding carboxylic acids is 2. The van der Waals surface area contributed by atoms with Crippen molar-refractivity contribution in [2.75, 3.05) is 25.6 Å². The minimum Gasteiger partial charge on any atom is -0.467 e. The highest BCUT2D eigenvalue weighted by molar-refractivity contribution is 5.81. The zero-order valence-electron chi connectivity index (χ0n) is 19.6. The predicted molar refractivity (Wildman–Crippen MR) is 125 cm³/mol. The number of ketones is 1. The van der Waals surface area contributed by atoms with Crippen molar-refractivity contribution in [3.8, 4) is 6.01 Å². The van der Waals surface area contributed by atoms with Gasteiger partial charge in [0.25, 0.3) is 0 Å². The van der Waals surface area contributed by atoms with Crippen LogP contribution < -0.4 is 10.1 Å². The molecule has 33 heavy (non-hydrogen) atoms. The number of carbonyl (C=O) groups is 2. The molecule has 3 rings (SSSR count). The molecular weight excluding hydrogens is 420 g/mol. The van der Waals surface area contributed by atoms with Crippen molar-refractivity contribution in [2.45, 2.75) is 70.6 Å². The topological polar surface area (TPSA) is 103 Å². The van der Waals surface area contributed by atoms with Crippen LogP contribution >= 0.6 is 0 Å². The lowest BCUT2D eigenvalue weighted by Crippen LogP contribution is -2.18. The Hall–Kier alpha value is -3.03. The fourth-order valence-electron chi connectivity index (χ4n) is 4.00. The number of aromatic nitrogens is 3. The van der Waals surface area contributed by atoms with Crippen molar-refractivity contribution < 1.29 is 19.1 Å². The molecule has 0 aromatic carbocycles. The van der Waals surface area contributed by atoms with E-state index in [1.54, 1.807) is 19.3 Å². The molecule has 0 fully saturated rings. The SMILES string of the molecule is CCOC(=O)C(CCC(=O)CCCCc1ccc2c(n1)NCCCC2)c1cnc(OC)nc1. The largest absolute Gasteiger partial charge is 0.467 e. The van der Waals surface area contributed by atoms with E-state index in [-0.39, 0.29) is 24.4 Å². The summed E-state index contributed by atoms with van der Waals surface area (Å²) in [5.74, 6) is 0.252. The molecule has 0 spiro atoms. The summed E-state index contributed by atoms with van der Waals surface area (Å²) < 4.78 is 10.2. The number of aryl methyl sites for hydroxylation is 2. The van der Waals surface area contributed by atoms with E-state index in [1.807, 2.05) is 0 Å². The molecule has 1 aliphatic rings. The van der Waals surface area contributed by atoms with Gasteiger partial charge in [0.05, 0.1) is 19.6 Å². The maximum Gasteiger partial charge on any atom is 0.316 e. The summed E-state index contributed by atoms with van der Waals surface area (Å²) in [6.45, 7) is 3.03. The zero-order chi connectivity index (χ0) is 23.5. The second-order valence-electron chi connectivity index (χ2n) is 8.29. The highest BCUT2D eigenvalue weighted by Gasteiger charge is 2.24. The molecule has 1 aliphatic heterocycles. The number of esters is 1. The number of nitrogens with zero attached hydrogens (tertiary/aromatic N) is 3. The third-order valence-electron chi connectivity index (χ3n) is 5.86. The van der Waals surface area contributed by atoms with E-state index in [0.29, 0.717) is 24.8 Å². The first-order valence-corrected chi connectivity index (χ1v) is 11.9. The van der Waals surface area contributed by atoms with Crippen LogP contribution in [0.15, 0.2) is 24.5 Å². The Morgan fingerprint density at radius 1 is 1.12 bits per heavy atom. The smallest absolute Gasteiger partial charge is 0.316 e. The highest BCUT2D eigenvalue weighted by atomic mass is 16.5. The average Bonchev–Trinajstić information content (AvgIpc) is 3.07. The van der Waals surface area contributed by atoms with Crippen LogP contribution in [0.4, 0.5) is 5.82 Å². The van der Waals surface area contributed by atoms with E-state index >= 15 is 0 Å². The van der Waals surface area contributed by atoms with Crippen LogP contribution in [0.3, 0.4) is 0 Å². The summed E-state index contributed by atoms with van der Waals surface area (Å²) in [7, 11) is 1.48. The molecular formula is C25H34N4O4. The van der Waals surface area contributed by atoms with Gasteiger partial charge >= 0.3 is 12.0 Å². The first kappa shape index (κ1) is 24.6. The number of hydrogen-bond donors (Lipinski definition) is 1. The monoisotopic (exact) mass is 454 g/mol. The Balaban J connectivity index is 1.45. The van der Waals surface area contributed by atoms with E-state index in [0.717, 1.165) is 43.7 Å². The quantitative estimate of drug-likeness (QED) is 0.379. The molecule has 0 amide bonds. The molecule has 2 aromatic heterocycles. The summed E-state index contributed by atoms with van der Waals surface area (Å²) >= 11 is 0. The Morgan fingerprint density at radius 2 is 1.94 bits per heavy atom. The van der Waals surface area contributed by atoms with Crippen molar-refractivity contribution in [2.24, 2.45) is 0 Å². The van der Waals surface area contributed by atoms with E-state index in [4.69, 9.17) is 14.5 Å². The minimum absolute atomic E-state index is 0.148. The Kier molecular flexibility index (Phi) is 9.59. The molecule has 2 aromatic rings. The number of unbranched alkanes of at least 4 members (excludes halogenated alkanes) is 1. The molecule has 1 unspecified atom stereocenters. The van der Waals surface area contributed by atoms with Crippen LogP contribution in [0.2, 0.25) is 0 Å². The van der Waals surface area contributed by atoms with Gasteiger partial charge in [-0.3, -0.25) is 9.59 Å². The second-order valence-corrected chi connectivity index (χ2v) is 8.29. The molecule has 0 saturated heterocycles. The van der Waals surface area contributed by atoms with E-state index in [1.165, 1.54) is 25.5 Å². The predicted octanol–water partition coefficient (Wildman–Crippen LogP) is 4.04. The molecule has 0 saturated carbocycles. The lowest BCUT2D eigenvalue weighted by atomic mass is 9.94. The lowest BCUT2D eigenvalue weighted by Gasteiger charge is -2.15. The van der Waals surface area contributed by atoms with Gasteiger partial charge in [0.15, 0.2) is 0 Å². The van der Waals surface area contributed by atoms with Gasteiger partial charge < -0.3 is 14.8 Å². The number of rotatable bonds is 12. The third kappa shape index (κ3) is 7.51. The van der Waals surface area contributed by atoms with E-state index < -0.39 is 5.92 Å². The second kappa shape index (κ2) is 12.9. The number of ether oxygens (including phenoxy) is 2. The summed E-state index contributed by atoms with van der Waals surface area (Å²) in [5, 5.41) is 3.42. The standard InChI is InChI=1S/C25H34N4O4/c1-3-33-24(31)22(19-16-27-25(32-2)28-17-19)14-13-21(30)10-5-4-9-20-12-11-18-8-6-7-15-26-23(18)29-20/h11-12,16-17,22H,3-10,13-15H2,1-2H3,(H,26,29). The van der Waals surface area contributed by atoms with Gasteiger partial charge in [-0.25, -0.2) is 15.0 Å². The zero-order valence-corrected chi connectivity index (χ0v) is 19.6. The van der Waals surface area contributed by atoms with Crippen LogP contribution in [0.1, 0.15) is 74.6 Å². The van der Waals surface area contributed by atoms with Crippen molar-refractivity contribution in [1.82, 2.24) is 15.0 Å². The van der Waals surface area contributed by atoms with Crippen molar-refractivity contribution in [3.63, 3.8) is 0 Å². The number of pyridine rings is 1. The minimum atomic E-state index is -0.559. The summed E-state index contributed by atoms with van der Waals surface area (Å²) in [6.07, 6.45) is 10.3. The number of nitrogens with one attached hydrogen (secondary N) is 1. The lowest BCUT2D eigenvalue weighted by molar-refractivity contribution is -0.145. The highest BCUT2D eigenvalue weighted by Crippen LogP contribution is 2.24. The van der Waals surface area contributed by atoms with Gasteiger partial charge in [-0.1, -0.05) is 6.07 Å². The van der Waals surface area contributed by atoms with Gasteiger partial charge in [-0.2, -0.15) is 0 Å².